The van der Waals surface area contributed by atoms with Crippen LogP contribution in [-0.2, 0) is 9.05 Å². The molecule has 0 atom stereocenters. The van der Waals surface area contributed by atoms with E-state index in [1.807, 2.05) is 0 Å². The minimum absolute atomic E-state index is 0.0430. The Kier molecular flexibility index (Phi) is 4.71. The Bertz CT molecular complexity index is 646. The molecule has 110 valence electrons. The Labute approximate surface area is 129 Å². The summed E-state index contributed by atoms with van der Waals surface area (Å²) in [5.74, 6) is -0.786. The third kappa shape index (κ3) is 3.93. The van der Waals surface area contributed by atoms with Crippen molar-refractivity contribution >= 4 is 41.6 Å². The van der Waals surface area contributed by atoms with Crippen molar-refractivity contribution in [3.05, 3.63) is 28.0 Å². The zero-order valence-electron chi connectivity index (χ0n) is 10.3. The van der Waals surface area contributed by atoms with E-state index in [0.29, 0.717) is 12.5 Å². The molecule has 2 rings (SSSR count). The molecule has 0 radical (unpaired) electrons. The van der Waals surface area contributed by atoms with Crippen LogP contribution in [0.4, 0.5) is 4.39 Å². The predicted molar refractivity (Wildman–Crippen MR) is 76.8 cm³/mol. The topological polar surface area (TPSA) is 63.2 Å². The van der Waals surface area contributed by atoms with Crippen LogP contribution in [-0.4, -0.2) is 20.9 Å². The molecule has 0 saturated heterocycles. The molecule has 0 aromatic heterocycles. The minimum Gasteiger partial charge on any atom is -0.352 e. The van der Waals surface area contributed by atoms with Crippen LogP contribution in [0.25, 0.3) is 0 Å². The van der Waals surface area contributed by atoms with Gasteiger partial charge in [-0.3, -0.25) is 4.79 Å². The highest BCUT2D eigenvalue weighted by Gasteiger charge is 2.23. The molecule has 1 saturated carbocycles. The van der Waals surface area contributed by atoms with E-state index in [1.54, 1.807) is 0 Å². The molecular formula is C12H12BrClFNO3S. The van der Waals surface area contributed by atoms with Crippen LogP contribution < -0.4 is 5.32 Å². The molecule has 0 heterocycles. The zero-order chi connectivity index (χ0) is 14.9. The fourth-order valence-corrected chi connectivity index (χ4v) is 3.18. The molecular weight excluding hydrogens is 373 g/mol. The molecule has 4 nitrogen and oxygen atoms in total. The maximum atomic E-state index is 13.5. The number of nitrogens with one attached hydrogen (secondary N) is 1. The average Bonchev–Trinajstić information content (AvgIpc) is 3.11. The monoisotopic (exact) mass is 383 g/mol. The van der Waals surface area contributed by atoms with E-state index in [0.717, 1.165) is 18.6 Å². The van der Waals surface area contributed by atoms with Crippen molar-refractivity contribution in [3.63, 3.8) is 0 Å². The maximum absolute atomic E-state index is 13.5. The molecule has 0 bridgehead atoms. The average molecular weight is 385 g/mol. The lowest BCUT2D eigenvalue weighted by Gasteiger charge is -2.08. The third-order valence-electron chi connectivity index (χ3n) is 3.06. The van der Waals surface area contributed by atoms with E-state index in [1.165, 1.54) is 12.8 Å². The predicted octanol–water partition coefficient (Wildman–Crippen LogP) is 3.05. The molecule has 0 unspecified atom stereocenters. The van der Waals surface area contributed by atoms with Gasteiger partial charge in [0.05, 0.1) is 5.56 Å². The molecule has 1 aromatic carbocycles. The smallest absolute Gasteiger partial charge is 0.264 e. The molecule has 0 aliphatic heterocycles. The molecule has 1 amide bonds. The number of hydrogen-bond donors (Lipinski definition) is 1. The van der Waals surface area contributed by atoms with Crippen LogP contribution in [0.3, 0.4) is 0 Å². The zero-order valence-corrected chi connectivity index (χ0v) is 13.5. The maximum Gasteiger partial charge on any atom is 0.264 e. The first-order valence-corrected chi connectivity index (χ1v) is 9.11. The van der Waals surface area contributed by atoms with Gasteiger partial charge in [0.25, 0.3) is 15.0 Å². The molecule has 20 heavy (non-hydrogen) atoms. The van der Waals surface area contributed by atoms with Crippen LogP contribution in [0, 0.1) is 11.7 Å². The summed E-state index contributed by atoms with van der Waals surface area (Å²) in [6.07, 6.45) is 3.26. The van der Waals surface area contributed by atoms with Gasteiger partial charge in [-0.25, -0.2) is 12.8 Å². The van der Waals surface area contributed by atoms with Gasteiger partial charge < -0.3 is 5.32 Å². The summed E-state index contributed by atoms with van der Waals surface area (Å²) in [6, 6.07) is 1.86. The van der Waals surface area contributed by atoms with Crippen molar-refractivity contribution in [1.29, 1.82) is 0 Å². The van der Waals surface area contributed by atoms with E-state index in [9.17, 15) is 17.6 Å². The van der Waals surface area contributed by atoms with Crippen molar-refractivity contribution < 1.29 is 17.6 Å². The highest BCUT2D eigenvalue weighted by atomic mass is 79.9. The molecule has 8 heteroatoms. The van der Waals surface area contributed by atoms with E-state index in [2.05, 4.69) is 21.2 Å². The second kappa shape index (κ2) is 5.99. The minimum atomic E-state index is -4.23. The van der Waals surface area contributed by atoms with Gasteiger partial charge in [0, 0.05) is 21.7 Å². The SMILES string of the molecule is O=C(NCCC1CC1)c1cc(S(=O)(=O)Cl)c(F)cc1Br. The summed E-state index contributed by atoms with van der Waals surface area (Å²) in [5.41, 5.74) is 0.0430. The molecule has 1 fully saturated rings. The Hall–Kier alpha value is -0.660. The normalized spacial score (nSPS) is 15.2. The number of hydrogen-bond acceptors (Lipinski definition) is 3. The molecule has 1 aromatic rings. The van der Waals surface area contributed by atoms with Crippen molar-refractivity contribution in [2.75, 3.05) is 6.54 Å². The van der Waals surface area contributed by atoms with Gasteiger partial charge in [0.1, 0.15) is 10.7 Å². The quantitative estimate of drug-likeness (QED) is 0.794. The summed E-state index contributed by atoms with van der Waals surface area (Å²) < 4.78 is 36.2. The van der Waals surface area contributed by atoms with Crippen LogP contribution >= 0.6 is 26.6 Å². The lowest BCUT2D eigenvalue weighted by molar-refractivity contribution is 0.0951. The van der Waals surface area contributed by atoms with Crippen LogP contribution in [0.5, 0.6) is 0 Å². The van der Waals surface area contributed by atoms with Crippen molar-refractivity contribution in [2.24, 2.45) is 5.92 Å². The summed E-state index contributed by atoms with van der Waals surface area (Å²) in [5, 5.41) is 2.68. The van der Waals surface area contributed by atoms with Gasteiger partial charge in [-0.2, -0.15) is 0 Å². The lowest BCUT2D eigenvalue weighted by Crippen LogP contribution is -2.25. The summed E-state index contributed by atoms with van der Waals surface area (Å²) in [6.45, 7) is 0.510. The molecule has 1 N–H and O–H groups in total. The summed E-state index contributed by atoms with van der Waals surface area (Å²) in [4.78, 5) is 11.3. The first kappa shape index (κ1) is 15.7. The second-order valence-electron chi connectivity index (χ2n) is 4.69. The largest absolute Gasteiger partial charge is 0.352 e. The number of benzene rings is 1. The first-order valence-electron chi connectivity index (χ1n) is 6.01. The number of amides is 1. The van der Waals surface area contributed by atoms with Crippen LogP contribution in [0.2, 0.25) is 0 Å². The van der Waals surface area contributed by atoms with Crippen molar-refractivity contribution in [1.82, 2.24) is 5.32 Å². The standard InChI is InChI=1S/C12H12BrClFNO3S/c13-9-6-10(15)11(20(14,18)19)5-8(9)12(17)16-4-3-7-1-2-7/h5-7H,1-4H2,(H,16,17). The third-order valence-corrected chi connectivity index (χ3v) is 5.06. The van der Waals surface area contributed by atoms with Crippen molar-refractivity contribution in [2.45, 2.75) is 24.2 Å². The number of carbonyl (C=O) groups is 1. The summed E-state index contributed by atoms with van der Waals surface area (Å²) in [7, 11) is 0.898. The molecule has 0 spiro atoms. The Morgan fingerprint density at radius 1 is 1.45 bits per heavy atom. The van der Waals surface area contributed by atoms with Crippen molar-refractivity contribution in [3.8, 4) is 0 Å². The van der Waals surface area contributed by atoms with Gasteiger partial charge in [0.15, 0.2) is 0 Å². The van der Waals surface area contributed by atoms with E-state index >= 15 is 0 Å². The van der Waals surface area contributed by atoms with Gasteiger partial charge in [-0.05, 0) is 40.4 Å². The van der Waals surface area contributed by atoms with E-state index < -0.39 is 25.7 Å². The number of carbonyl (C=O) groups excluding carboxylic acids is 1. The number of halogens is 3. The van der Waals surface area contributed by atoms with Gasteiger partial charge in [-0.1, -0.05) is 12.8 Å². The van der Waals surface area contributed by atoms with Gasteiger partial charge in [-0.15, -0.1) is 0 Å². The second-order valence-corrected chi connectivity index (χ2v) is 8.08. The van der Waals surface area contributed by atoms with E-state index in [-0.39, 0.29) is 10.0 Å². The highest BCUT2D eigenvalue weighted by molar-refractivity contribution is 9.10. The summed E-state index contributed by atoms with van der Waals surface area (Å²) >= 11 is 3.04. The Balaban J connectivity index is 2.19. The number of rotatable bonds is 5. The first-order chi connectivity index (χ1) is 9.29. The van der Waals surface area contributed by atoms with Crippen LogP contribution in [0.1, 0.15) is 29.6 Å². The molecule has 1 aliphatic rings. The van der Waals surface area contributed by atoms with E-state index in [4.69, 9.17) is 10.7 Å². The Morgan fingerprint density at radius 3 is 2.65 bits per heavy atom. The fraction of sp³-hybridized carbons (Fsp3) is 0.417. The van der Waals surface area contributed by atoms with Gasteiger partial charge in [0.2, 0.25) is 0 Å². The highest BCUT2D eigenvalue weighted by Crippen LogP contribution is 2.32. The molecule has 1 aliphatic carbocycles. The fourth-order valence-electron chi connectivity index (χ4n) is 1.78. The Morgan fingerprint density at radius 2 is 2.10 bits per heavy atom. The van der Waals surface area contributed by atoms with Crippen LogP contribution in [0.15, 0.2) is 21.5 Å². The lowest BCUT2D eigenvalue weighted by atomic mass is 10.2. The van der Waals surface area contributed by atoms with Gasteiger partial charge >= 0.3 is 0 Å².